The average Bonchev–Trinajstić information content (AvgIpc) is 2.62. The van der Waals surface area contributed by atoms with Crippen molar-refractivity contribution in [2.24, 2.45) is 0 Å². The number of aromatic nitrogens is 3. The van der Waals surface area contributed by atoms with Gasteiger partial charge in [-0.2, -0.15) is 0 Å². The van der Waals surface area contributed by atoms with Gasteiger partial charge in [-0.1, -0.05) is 13.3 Å². The summed E-state index contributed by atoms with van der Waals surface area (Å²) in [5, 5.41) is 3.27. The number of carbonyl (C=O) groups excluding carboxylic acids is 1. The van der Waals surface area contributed by atoms with Crippen LogP contribution >= 0.6 is 0 Å². The molecule has 2 rings (SSSR count). The van der Waals surface area contributed by atoms with Gasteiger partial charge in [0, 0.05) is 12.7 Å². The van der Waals surface area contributed by atoms with Crippen LogP contribution in [-0.4, -0.2) is 34.1 Å². The number of esters is 1. The third-order valence-electron chi connectivity index (χ3n) is 3.40. The van der Waals surface area contributed by atoms with E-state index < -0.39 is 0 Å². The molecular weight excluding hydrogens is 320 g/mol. The number of hydrogen-bond donors (Lipinski definition) is 1. The van der Waals surface area contributed by atoms with E-state index in [0.29, 0.717) is 35.3 Å². The lowest BCUT2D eigenvalue weighted by molar-refractivity contribution is 0.0526. The summed E-state index contributed by atoms with van der Waals surface area (Å²) in [5.74, 6) is 1.54. The molecule has 0 saturated carbocycles. The van der Waals surface area contributed by atoms with Crippen molar-refractivity contribution in [1.82, 2.24) is 15.0 Å². The standard InChI is InChI=1S/C18H24N4O3/c1-4-6-8-20-17-16(11-21-13(3)22-17)25-12-15-10-14(7-9-19-15)18(23)24-5-2/h7,9-11H,4-6,8,12H2,1-3H3,(H,20,21,22). The first-order valence-corrected chi connectivity index (χ1v) is 8.46. The van der Waals surface area contributed by atoms with E-state index >= 15 is 0 Å². The van der Waals surface area contributed by atoms with Gasteiger partial charge in [-0.3, -0.25) is 4.98 Å². The van der Waals surface area contributed by atoms with Crippen LogP contribution in [0.3, 0.4) is 0 Å². The van der Waals surface area contributed by atoms with Crippen LogP contribution in [0.1, 0.15) is 48.6 Å². The van der Waals surface area contributed by atoms with Crippen LogP contribution in [0, 0.1) is 6.92 Å². The topological polar surface area (TPSA) is 86.2 Å². The Morgan fingerprint density at radius 3 is 2.88 bits per heavy atom. The van der Waals surface area contributed by atoms with E-state index in [9.17, 15) is 4.79 Å². The van der Waals surface area contributed by atoms with E-state index in [0.717, 1.165) is 19.4 Å². The first-order valence-electron chi connectivity index (χ1n) is 8.46. The highest BCUT2D eigenvalue weighted by atomic mass is 16.5. The molecule has 0 bridgehead atoms. The molecule has 0 aliphatic heterocycles. The van der Waals surface area contributed by atoms with Gasteiger partial charge in [-0.15, -0.1) is 0 Å². The molecule has 0 unspecified atom stereocenters. The number of hydrogen-bond acceptors (Lipinski definition) is 7. The van der Waals surface area contributed by atoms with E-state index in [1.54, 1.807) is 31.5 Å². The van der Waals surface area contributed by atoms with Crippen LogP contribution in [0.2, 0.25) is 0 Å². The minimum Gasteiger partial charge on any atom is -0.482 e. The molecule has 2 aromatic rings. The lowest BCUT2D eigenvalue weighted by Gasteiger charge is -2.12. The molecule has 2 heterocycles. The molecule has 0 amide bonds. The van der Waals surface area contributed by atoms with Crippen molar-refractivity contribution in [3.8, 4) is 5.75 Å². The molecule has 7 heteroatoms. The molecule has 0 saturated heterocycles. The normalized spacial score (nSPS) is 10.4. The highest BCUT2D eigenvalue weighted by molar-refractivity contribution is 5.89. The number of aryl methyl sites for hydroxylation is 1. The summed E-state index contributed by atoms with van der Waals surface area (Å²) in [6.45, 7) is 7.10. The molecule has 0 atom stereocenters. The van der Waals surface area contributed by atoms with Crippen LogP contribution < -0.4 is 10.1 Å². The maximum Gasteiger partial charge on any atom is 0.338 e. The monoisotopic (exact) mass is 344 g/mol. The lowest BCUT2D eigenvalue weighted by Crippen LogP contribution is -2.09. The second-order valence-electron chi connectivity index (χ2n) is 5.46. The number of nitrogens with zero attached hydrogens (tertiary/aromatic N) is 3. The average molecular weight is 344 g/mol. The summed E-state index contributed by atoms with van der Waals surface area (Å²) in [7, 11) is 0. The number of ether oxygens (including phenoxy) is 2. The third-order valence-corrected chi connectivity index (χ3v) is 3.40. The molecule has 0 aliphatic rings. The molecular formula is C18H24N4O3. The van der Waals surface area contributed by atoms with Crippen LogP contribution in [0.15, 0.2) is 24.5 Å². The van der Waals surface area contributed by atoms with Crippen molar-refractivity contribution >= 4 is 11.8 Å². The van der Waals surface area contributed by atoms with Crippen molar-refractivity contribution in [2.45, 2.75) is 40.2 Å². The maximum absolute atomic E-state index is 11.8. The number of nitrogens with one attached hydrogen (secondary N) is 1. The van der Waals surface area contributed by atoms with Gasteiger partial charge in [0.25, 0.3) is 0 Å². The van der Waals surface area contributed by atoms with Gasteiger partial charge in [0.05, 0.1) is 24.1 Å². The van der Waals surface area contributed by atoms with Gasteiger partial charge in [-0.25, -0.2) is 14.8 Å². The second kappa shape index (κ2) is 9.56. The molecule has 134 valence electrons. The fraction of sp³-hybridized carbons (Fsp3) is 0.444. The van der Waals surface area contributed by atoms with Crippen LogP contribution in [0.25, 0.3) is 0 Å². The second-order valence-corrected chi connectivity index (χ2v) is 5.46. The highest BCUT2D eigenvalue weighted by Gasteiger charge is 2.10. The van der Waals surface area contributed by atoms with Gasteiger partial charge in [0.2, 0.25) is 0 Å². The Kier molecular flexibility index (Phi) is 7.13. The Hall–Kier alpha value is -2.70. The molecule has 25 heavy (non-hydrogen) atoms. The van der Waals surface area contributed by atoms with Gasteiger partial charge in [0.15, 0.2) is 11.6 Å². The molecule has 0 aliphatic carbocycles. The maximum atomic E-state index is 11.8. The van der Waals surface area contributed by atoms with Gasteiger partial charge in [0.1, 0.15) is 12.4 Å². The van der Waals surface area contributed by atoms with E-state index in [-0.39, 0.29) is 12.6 Å². The van der Waals surface area contributed by atoms with E-state index in [2.05, 4.69) is 27.2 Å². The zero-order valence-electron chi connectivity index (χ0n) is 14.9. The van der Waals surface area contributed by atoms with Crippen LogP contribution in [-0.2, 0) is 11.3 Å². The van der Waals surface area contributed by atoms with Crippen LogP contribution in [0.5, 0.6) is 5.75 Å². The molecule has 7 nitrogen and oxygen atoms in total. The molecule has 0 spiro atoms. The predicted molar refractivity (Wildman–Crippen MR) is 94.7 cm³/mol. The molecule has 0 aromatic carbocycles. The first kappa shape index (κ1) is 18.6. The van der Waals surface area contributed by atoms with Crippen molar-refractivity contribution in [2.75, 3.05) is 18.5 Å². The number of anilines is 1. The Morgan fingerprint density at radius 1 is 1.28 bits per heavy atom. The number of unbranched alkanes of at least 4 members (excludes halogenated alkanes) is 1. The van der Waals surface area contributed by atoms with Gasteiger partial charge in [-0.05, 0) is 32.4 Å². The number of carbonyl (C=O) groups is 1. The quantitative estimate of drug-likeness (QED) is 0.552. The zero-order chi connectivity index (χ0) is 18.1. The SMILES string of the molecule is CCCCNc1nc(C)ncc1OCc1cc(C(=O)OCC)ccn1. The van der Waals surface area contributed by atoms with Crippen LogP contribution in [0.4, 0.5) is 5.82 Å². The molecule has 0 radical (unpaired) electrons. The lowest BCUT2D eigenvalue weighted by atomic mass is 10.2. The van der Waals surface area contributed by atoms with Crippen molar-refractivity contribution in [3.63, 3.8) is 0 Å². The Bertz CT molecular complexity index is 706. The number of rotatable bonds is 9. The van der Waals surface area contributed by atoms with E-state index in [1.807, 2.05) is 6.92 Å². The van der Waals surface area contributed by atoms with Gasteiger partial charge >= 0.3 is 5.97 Å². The summed E-state index contributed by atoms with van der Waals surface area (Å²) in [6.07, 6.45) is 5.35. The van der Waals surface area contributed by atoms with Crippen molar-refractivity contribution in [1.29, 1.82) is 0 Å². The fourth-order valence-electron chi connectivity index (χ4n) is 2.12. The van der Waals surface area contributed by atoms with E-state index in [4.69, 9.17) is 9.47 Å². The molecule has 0 fully saturated rings. The highest BCUT2D eigenvalue weighted by Crippen LogP contribution is 2.22. The predicted octanol–water partition coefficient (Wildman–Crippen LogP) is 3.15. The fourth-order valence-corrected chi connectivity index (χ4v) is 2.12. The smallest absolute Gasteiger partial charge is 0.338 e. The van der Waals surface area contributed by atoms with Crippen molar-refractivity contribution < 1.29 is 14.3 Å². The third kappa shape index (κ3) is 5.70. The zero-order valence-corrected chi connectivity index (χ0v) is 14.9. The number of pyridine rings is 1. The summed E-state index contributed by atoms with van der Waals surface area (Å²) >= 11 is 0. The Morgan fingerprint density at radius 2 is 2.12 bits per heavy atom. The summed E-state index contributed by atoms with van der Waals surface area (Å²) in [5.41, 5.74) is 1.09. The Balaban J connectivity index is 2.05. The summed E-state index contributed by atoms with van der Waals surface area (Å²) < 4.78 is 10.8. The van der Waals surface area contributed by atoms with E-state index in [1.165, 1.54) is 0 Å². The van der Waals surface area contributed by atoms with Crippen molar-refractivity contribution in [3.05, 3.63) is 41.6 Å². The minimum absolute atomic E-state index is 0.210. The summed E-state index contributed by atoms with van der Waals surface area (Å²) in [4.78, 5) is 24.6. The van der Waals surface area contributed by atoms with Gasteiger partial charge < -0.3 is 14.8 Å². The first-order chi connectivity index (χ1) is 12.1. The molecule has 1 N–H and O–H groups in total. The Labute approximate surface area is 147 Å². The summed E-state index contributed by atoms with van der Waals surface area (Å²) in [6, 6.07) is 3.28. The largest absolute Gasteiger partial charge is 0.482 e. The minimum atomic E-state index is -0.369. The molecule has 2 aromatic heterocycles.